The van der Waals surface area contributed by atoms with Gasteiger partial charge < -0.3 is 19.7 Å². The number of ether oxygens (including phenoxy) is 2. The van der Waals surface area contributed by atoms with Crippen molar-refractivity contribution in [2.24, 2.45) is 0 Å². The number of carbonyl (C=O) groups excluding carboxylic acids is 2. The molecule has 0 saturated heterocycles. The summed E-state index contributed by atoms with van der Waals surface area (Å²) in [5, 5.41) is 3.00. The normalized spacial score (nSPS) is 11.7. The van der Waals surface area contributed by atoms with Crippen molar-refractivity contribution in [3.8, 4) is 11.5 Å². The second-order valence-corrected chi connectivity index (χ2v) is 13.6. The molecule has 0 bridgehead atoms. The minimum atomic E-state index is -4.30. The van der Waals surface area contributed by atoms with Crippen molar-refractivity contribution in [2.45, 2.75) is 43.7 Å². The van der Waals surface area contributed by atoms with Gasteiger partial charge in [-0.2, -0.15) is 0 Å². The van der Waals surface area contributed by atoms with E-state index in [9.17, 15) is 18.0 Å². The van der Waals surface area contributed by atoms with Gasteiger partial charge in [0.2, 0.25) is 11.8 Å². The molecule has 0 aromatic heterocycles. The van der Waals surface area contributed by atoms with Gasteiger partial charge in [-0.1, -0.05) is 83.9 Å². The van der Waals surface area contributed by atoms with E-state index in [1.54, 1.807) is 36.4 Å². The molecular weight excluding hydrogens is 682 g/mol. The van der Waals surface area contributed by atoms with Crippen LogP contribution in [0.5, 0.6) is 11.5 Å². The van der Waals surface area contributed by atoms with E-state index in [1.165, 1.54) is 31.3 Å². The maximum Gasteiger partial charge on any atom is 0.264 e. The molecule has 0 unspecified atom stereocenters. The van der Waals surface area contributed by atoms with Crippen molar-refractivity contribution in [1.82, 2.24) is 10.2 Å². The highest BCUT2D eigenvalue weighted by Crippen LogP contribution is 2.33. The molecule has 4 aromatic rings. The Morgan fingerprint density at radius 2 is 1.49 bits per heavy atom. The number of carbonyl (C=O) groups is 2. The first kappa shape index (κ1) is 35.5. The second kappa shape index (κ2) is 17.0. The average Bonchev–Trinajstić information content (AvgIpc) is 3.09. The van der Waals surface area contributed by atoms with Gasteiger partial charge in [0.1, 0.15) is 24.1 Å². The molecule has 0 fully saturated rings. The molecule has 4 rings (SSSR count). The van der Waals surface area contributed by atoms with E-state index in [2.05, 4.69) is 21.2 Å². The van der Waals surface area contributed by atoms with E-state index in [0.29, 0.717) is 12.3 Å². The number of nitrogens with one attached hydrogen (secondary N) is 1. The van der Waals surface area contributed by atoms with Crippen molar-refractivity contribution >= 4 is 43.5 Å². The Labute approximate surface area is 285 Å². The smallest absolute Gasteiger partial charge is 0.264 e. The summed E-state index contributed by atoms with van der Waals surface area (Å²) in [7, 11) is -1.36. The van der Waals surface area contributed by atoms with Crippen molar-refractivity contribution in [3.63, 3.8) is 0 Å². The fraction of sp³-hybridized carbons (Fsp3) is 0.278. The third-order valence-corrected chi connectivity index (χ3v) is 9.95. The standard InChI is InChI=1S/C36H40BrN3O6S/c1-4-5-23-38-36(42)33(24-27-11-7-6-8-12-27)39(25-28-15-17-29(37)18-16-28)35(41)26-40(32-13-9-10-14-34(32)46-3)47(43,44)31-21-19-30(45-2)20-22-31/h6-22,33H,4-5,23-26H2,1-3H3,(H,38,42)/t33-/m0/s1. The number of amides is 2. The van der Waals surface area contributed by atoms with Crippen LogP contribution in [-0.4, -0.2) is 58.5 Å². The van der Waals surface area contributed by atoms with Crippen LogP contribution in [-0.2, 0) is 32.6 Å². The summed E-state index contributed by atoms with van der Waals surface area (Å²) in [5.41, 5.74) is 1.83. The van der Waals surface area contributed by atoms with Crippen LogP contribution < -0.4 is 19.1 Å². The van der Waals surface area contributed by atoms with Crippen LogP contribution in [0.25, 0.3) is 0 Å². The number of rotatable bonds is 16. The number of unbranched alkanes of at least 4 members (excludes halogenated alkanes) is 1. The summed E-state index contributed by atoms with van der Waals surface area (Å²) in [4.78, 5) is 29.9. The number of para-hydroxylation sites is 2. The van der Waals surface area contributed by atoms with Gasteiger partial charge in [-0.15, -0.1) is 0 Å². The molecule has 0 saturated carbocycles. The predicted octanol–water partition coefficient (Wildman–Crippen LogP) is 6.22. The maximum absolute atomic E-state index is 14.6. The SMILES string of the molecule is CCCCNC(=O)[C@H](Cc1ccccc1)N(Cc1ccc(Br)cc1)C(=O)CN(c1ccccc1OC)S(=O)(=O)c1ccc(OC)cc1. The fourth-order valence-electron chi connectivity index (χ4n) is 5.07. The van der Waals surface area contributed by atoms with E-state index in [4.69, 9.17) is 9.47 Å². The van der Waals surface area contributed by atoms with Crippen LogP contribution in [0.3, 0.4) is 0 Å². The van der Waals surface area contributed by atoms with Crippen molar-refractivity contribution in [1.29, 1.82) is 0 Å². The number of halogens is 1. The average molecular weight is 723 g/mol. The van der Waals surface area contributed by atoms with E-state index in [1.807, 2.05) is 61.5 Å². The summed E-state index contributed by atoms with van der Waals surface area (Å²) < 4.78 is 41.3. The van der Waals surface area contributed by atoms with Crippen LogP contribution in [0.15, 0.2) is 112 Å². The summed E-state index contributed by atoms with van der Waals surface area (Å²) in [6.07, 6.45) is 1.91. The Morgan fingerprint density at radius 3 is 2.13 bits per heavy atom. The van der Waals surface area contributed by atoms with Gasteiger partial charge in [0, 0.05) is 24.0 Å². The number of methoxy groups -OCH3 is 2. The van der Waals surface area contributed by atoms with Crippen LogP contribution >= 0.6 is 15.9 Å². The molecule has 9 nitrogen and oxygen atoms in total. The zero-order valence-electron chi connectivity index (χ0n) is 26.8. The Kier molecular flexibility index (Phi) is 12.8. The lowest BCUT2D eigenvalue weighted by atomic mass is 10.0. The molecule has 4 aromatic carbocycles. The van der Waals surface area contributed by atoms with E-state index in [0.717, 1.165) is 32.7 Å². The summed E-state index contributed by atoms with van der Waals surface area (Å²) in [6, 6.07) is 28.6. The van der Waals surface area contributed by atoms with Gasteiger partial charge in [0.05, 0.1) is 24.8 Å². The molecule has 0 heterocycles. The molecule has 2 amide bonds. The van der Waals surface area contributed by atoms with E-state index < -0.39 is 28.5 Å². The summed E-state index contributed by atoms with van der Waals surface area (Å²) in [5.74, 6) is -0.102. The van der Waals surface area contributed by atoms with E-state index >= 15 is 0 Å². The van der Waals surface area contributed by atoms with Crippen LogP contribution in [0.2, 0.25) is 0 Å². The highest BCUT2D eigenvalue weighted by atomic mass is 79.9. The largest absolute Gasteiger partial charge is 0.497 e. The third kappa shape index (κ3) is 9.36. The molecule has 0 radical (unpaired) electrons. The molecule has 0 aliphatic rings. The lowest BCUT2D eigenvalue weighted by Gasteiger charge is -2.34. The molecule has 0 aliphatic heterocycles. The highest BCUT2D eigenvalue weighted by Gasteiger charge is 2.35. The first-order valence-corrected chi connectivity index (χ1v) is 17.6. The topological polar surface area (TPSA) is 105 Å². The van der Waals surface area contributed by atoms with Gasteiger partial charge in [0.25, 0.3) is 10.0 Å². The summed E-state index contributed by atoms with van der Waals surface area (Å²) in [6.45, 7) is 1.98. The van der Waals surface area contributed by atoms with Gasteiger partial charge >= 0.3 is 0 Å². The molecule has 0 aliphatic carbocycles. The number of hydrogen-bond acceptors (Lipinski definition) is 6. The second-order valence-electron chi connectivity index (χ2n) is 10.9. The lowest BCUT2D eigenvalue weighted by Crippen LogP contribution is -2.53. The Balaban J connectivity index is 1.81. The first-order valence-electron chi connectivity index (χ1n) is 15.3. The zero-order chi connectivity index (χ0) is 33.8. The molecule has 248 valence electrons. The minimum absolute atomic E-state index is 0.0328. The fourth-order valence-corrected chi connectivity index (χ4v) is 6.76. The lowest BCUT2D eigenvalue weighted by molar-refractivity contribution is -0.140. The first-order chi connectivity index (χ1) is 22.7. The van der Waals surface area contributed by atoms with Crippen molar-refractivity contribution < 1.29 is 27.5 Å². The van der Waals surface area contributed by atoms with Gasteiger partial charge in [-0.25, -0.2) is 8.42 Å². The van der Waals surface area contributed by atoms with E-state index in [-0.39, 0.29) is 35.2 Å². The molecular formula is C36H40BrN3O6S. The summed E-state index contributed by atoms with van der Waals surface area (Å²) >= 11 is 3.46. The third-order valence-electron chi connectivity index (χ3n) is 7.65. The van der Waals surface area contributed by atoms with Crippen LogP contribution in [0.4, 0.5) is 5.69 Å². The number of benzene rings is 4. The molecule has 11 heteroatoms. The molecule has 1 atom stereocenters. The van der Waals surface area contributed by atoms with Crippen LogP contribution in [0, 0.1) is 0 Å². The van der Waals surface area contributed by atoms with Crippen molar-refractivity contribution in [2.75, 3.05) is 31.6 Å². The van der Waals surface area contributed by atoms with Crippen molar-refractivity contribution in [3.05, 3.63) is 119 Å². The zero-order valence-corrected chi connectivity index (χ0v) is 29.2. The number of hydrogen-bond donors (Lipinski definition) is 1. The van der Waals surface area contributed by atoms with Gasteiger partial charge in [-0.3, -0.25) is 13.9 Å². The highest BCUT2D eigenvalue weighted by molar-refractivity contribution is 9.10. The Bertz CT molecular complexity index is 1720. The monoisotopic (exact) mass is 721 g/mol. The quantitative estimate of drug-likeness (QED) is 0.138. The maximum atomic E-state index is 14.6. The minimum Gasteiger partial charge on any atom is -0.497 e. The van der Waals surface area contributed by atoms with Crippen LogP contribution in [0.1, 0.15) is 30.9 Å². The molecule has 0 spiro atoms. The molecule has 47 heavy (non-hydrogen) atoms. The number of nitrogens with zero attached hydrogens (tertiary/aromatic N) is 2. The predicted molar refractivity (Wildman–Crippen MR) is 187 cm³/mol. The van der Waals surface area contributed by atoms with Gasteiger partial charge in [-0.05, 0) is 66.1 Å². The number of sulfonamides is 1. The van der Waals surface area contributed by atoms with Gasteiger partial charge in [0.15, 0.2) is 0 Å². The number of anilines is 1. The molecule has 1 N–H and O–H groups in total. The Morgan fingerprint density at radius 1 is 0.830 bits per heavy atom. The Hall–Kier alpha value is -4.35.